The molecule has 0 fully saturated rings. The summed E-state index contributed by atoms with van der Waals surface area (Å²) in [4.78, 5) is 0. The van der Waals surface area contributed by atoms with Gasteiger partial charge in [-0.15, -0.1) is 11.3 Å². The van der Waals surface area contributed by atoms with E-state index in [-0.39, 0.29) is 16.2 Å². The lowest BCUT2D eigenvalue weighted by atomic mass is 9.82. The van der Waals surface area contributed by atoms with Gasteiger partial charge in [0.1, 0.15) is 22.3 Å². The van der Waals surface area contributed by atoms with Crippen LogP contribution in [0, 0.1) is 0 Å². The molecule has 21 rings (SSSR count). The lowest BCUT2D eigenvalue weighted by molar-refractivity contribution is 0.660. The Morgan fingerprint density at radius 2 is 0.543 bits per heavy atom. The molecule has 15 aromatic carbocycles. The third-order valence-corrected chi connectivity index (χ3v) is 23.5. The largest absolute Gasteiger partial charge is 0.456 e. The predicted molar refractivity (Wildman–Crippen MR) is 445 cm³/mol. The number of anilines is 6. The van der Waals surface area contributed by atoms with Crippen LogP contribution >= 0.6 is 11.3 Å². The summed E-state index contributed by atoms with van der Waals surface area (Å²) >= 11 is 1.87. The van der Waals surface area contributed by atoms with Gasteiger partial charge in [-0.2, -0.15) is 0 Å². The molecule has 0 saturated carbocycles. The summed E-state index contributed by atoms with van der Waals surface area (Å²) < 4.78 is 14.9. The number of para-hydroxylation sites is 2. The van der Waals surface area contributed by atoms with Crippen LogP contribution in [0.5, 0.6) is 0 Å². The molecule has 0 saturated heterocycles. The fourth-order valence-electron chi connectivity index (χ4n) is 17.1. The second-order valence-corrected chi connectivity index (χ2v) is 30.8. The number of furan rings is 2. The Labute approximate surface area is 615 Å². The third-order valence-electron chi connectivity index (χ3n) is 22.4. The van der Waals surface area contributed by atoms with Crippen LogP contribution in [-0.4, -0.2) is 0 Å². The monoisotopic (exact) mass is 1370 g/mol. The van der Waals surface area contributed by atoms with Gasteiger partial charge >= 0.3 is 0 Å². The highest BCUT2D eigenvalue weighted by atomic mass is 32.1. The first-order valence-corrected chi connectivity index (χ1v) is 37.2. The molecule has 3 aromatic heterocycles. The minimum Gasteiger partial charge on any atom is -0.456 e. The lowest BCUT2D eigenvalue weighted by Crippen LogP contribution is -2.15. The van der Waals surface area contributed by atoms with Gasteiger partial charge in [0.25, 0.3) is 0 Å². The lowest BCUT2D eigenvalue weighted by Gasteiger charge is -2.22. The summed E-state index contributed by atoms with van der Waals surface area (Å²) in [5, 5.41) is 18.3. The van der Waals surface area contributed by atoms with Gasteiger partial charge in [-0.25, -0.2) is 0 Å². The molecule has 0 radical (unpaired) electrons. The van der Waals surface area contributed by atoms with Gasteiger partial charge in [0, 0.05) is 92.1 Å². The summed E-state index contributed by atoms with van der Waals surface area (Å²) in [6.07, 6.45) is 0. The minimum atomic E-state index is -0.0105. The molecule has 6 heteroatoms. The zero-order valence-corrected chi connectivity index (χ0v) is 60.2. The fraction of sp³-hybridized carbons (Fsp3) is 0.0909. The Hall–Kier alpha value is -12.5. The van der Waals surface area contributed by atoms with Crippen molar-refractivity contribution in [1.82, 2.24) is 0 Å². The molecule has 0 atom stereocenters. The van der Waals surface area contributed by atoms with Gasteiger partial charge in [0.05, 0.1) is 0 Å². The van der Waals surface area contributed by atoms with E-state index < -0.39 is 0 Å². The smallest absolute Gasteiger partial charge is 0.136 e. The van der Waals surface area contributed by atoms with Crippen molar-refractivity contribution in [2.45, 2.75) is 57.8 Å². The number of hydrogen-bond acceptors (Lipinski definition) is 6. The molecule has 0 aliphatic heterocycles. The second kappa shape index (κ2) is 24.9. The van der Waals surface area contributed by atoms with Crippen molar-refractivity contribution in [1.29, 1.82) is 0 Å². The zero-order chi connectivity index (χ0) is 70.7. The van der Waals surface area contributed by atoms with E-state index in [1.807, 2.05) is 47.7 Å². The van der Waals surface area contributed by atoms with Crippen LogP contribution < -0.4 is 16.0 Å². The number of hydrogen-bond donors (Lipinski definition) is 3. The van der Waals surface area contributed by atoms with Crippen LogP contribution in [0.2, 0.25) is 0 Å². The molecule has 3 heterocycles. The van der Waals surface area contributed by atoms with Crippen molar-refractivity contribution >= 4 is 110 Å². The molecule has 0 spiro atoms. The molecule has 105 heavy (non-hydrogen) atoms. The molecule has 0 amide bonds. The number of nitrogens with one attached hydrogen (secondary N) is 3. The predicted octanol–water partition coefficient (Wildman–Crippen LogP) is 28.4. The molecule has 18 aromatic rings. The van der Waals surface area contributed by atoms with Gasteiger partial charge in [0.15, 0.2) is 0 Å². The summed E-state index contributed by atoms with van der Waals surface area (Å²) in [6, 6.07) is 117. The maximum atomic E-state index is 6.11. The van der Waals surface area contributed by atoms with Crippen LogP contribution in [0.3, 0.4) is 0 Å². The summed E-state index contributed by atoms with van der Waals surface area (Å²) in [6.45, 7) is 13.9. The van der Waals surface area contributed by atoms with Gasteiger partial charge in [0.2, 0.25) is 0 Å². The Kier molecular flexibility index (Phi) is 15.0. The van der Waals surface area contributed by atoms with E-state index in [4.69, 9.17) is 8.83 Å². The first-order valence-electron chi connectivity index (χ1n) is 36.3. The molecule has 5 nitrogen and oxygen atoms in total. The van der Waals surface area contributed by atoms with Crippen LogP contribution in [0.1, 0.15) is 74.9 Å². The highest BCUT2D eigenvalue weighted by Gasteiger charge is 2.38. The molecule has 504 valence electrons. The fourth-order valence-corrected chi connectivity index (χ4v) is 18.3. The second-order valence-electron chi connectivity index (χ2n) is 29.7. The highest BCUT2D eigenvalue weighted by molar-refractivity contribution is 7.26. The molecule has 3 aliphatic rings. The Morgan fingerprint density at radius 3 is 1.02 bits per heavy atom. The van der Waals surface area contributed by atoms with E-state index in [0.29, 0.717) is 0 Å². The van der Waals surface area contributed by atoms with Crippen LogP contribution in [0.4, 0.5) is 34.1 Å². The Balaban J connectivity index is 0.000000108. The summed E-state index contributed by atoms with van der Waals surface area (Å²) in [5.41, 5.74) is 34.0. The number of fused-ring (bicyclic) bond motifs is 18. The number of thiophene rings is 1. The Morgan fingerprint density at radius 1 is 0.219 bits per heavy atom. The van der Waals surface area contributed by atoms with Crippen LogP contribution in [0.15, 0.2) is 336 Å². The average Bonchev–Trinajstić information content (AvgIpc) is 1.58. The van der Waals surface area contributed by atoms with Crippen molar-refractivity contribution in [3.63, 3.8) is 0 Å². The van der Waals surface area contributed by atoms with Crippen LogP contribution in [0.25, 0.3) is 131 Å². The standard InChI is InChI=1S/2C33H25NO.C33H25NS/c1-33(2)28-14-5-3-11-25(28)26-18-17-23(20-29(26)33)34-22-10-7-9-21(19-22)24-13-8-16-31-32(24)27-12-4-6-15-30(27)35-31;2*1-33(2)28-11-5-3-8-25(28)26-19-18-23(20-29(26)33)34-22-16-14-21(15-17-22)24-10-7-13-31-32(24)27-9-4-6-12-30(27)35-31/h3*3-20,34H,1-2H3. The normalized spacial score (nSPS) is 13.7. The SMILES string of the molecule is CC1(C)c2ccccc2-c2ccc(Nc3ccc(-c4cccc5oc6ccccc6c45)cc3)cc21.CC1(C)c2ccccc2-c2ccc(Nc3ccc(-c4cccc5sc6ccccc6c45)cc3)cc21.CC1(C)c2ccccc2-c2ccc(Nc3cccc(-c4cccc5oc6ccccc6c45)c3)cc21. The van der Waals surface area contributed by atoms with Gasteiger partial charge in [-0.05, 0) is 209 Å². The number of benzene rings is 15. The topological polar surface area (TPSA) is 62.4 Å². The van der Waals surface area contributed by atoms with E-state index in [1.54, 1.807) is 0 Å². The van der Waals surface area contributed by atoms with E-state index in [9.17, 15) is 0 Å². The summed E-state index contributed by atoms with van der Waals surface area (Å²) in [7, 11) is 0. The molecule has 0 unspecified atom stereocenters. The van der Waals surface area contributed by atoms with Crippen molar-refractivity contribution in [2.75, 3.05) is 16.0 Å². The van der Waals surface area contributed by atoms with Gasteiger partial charge in [-0.3, -0.25) is 0 Å². The van der Waals surface area contributed by atoms with Crippen LogP contribution in [-0.2, 0) is 16.2 Å². The highest BCUT2D eigenvalue weighted by Crippen LogP contribution is 2.53. The maximum absolute atomic E-state index is 6.11. The third kappa shape index (κ3) is 10.8. The van der Waals surface area contributed by atoms with E-state index in [0.717, 1.165) is 72.6 Å². The molecular formula is C99H75N3O2S. The quantitative estimate of drug-likeness (QED) is 0.134. The maximum Gasteiger partial charge on any atom is 0.136 e. The first kappa shape index (κ1) is 63.4. The zero-order valence-electron chi connectivity index (χ0n) is 59.4. The average molecular weight is 1370 g/mol. The van der Waals surface area contributed by atoms with E-state index >= 15 is 0 Å². The Bertz CT molecular complexity index is 6220. The van der Waals surface area contributed by atoms with Crippen molar-refractivity contribution in [2.24, 2.45) is 0 Å². The number of rotatable bonds is 9. The molecule has 0 bridgehead atoms. The van der Waals surface area contributed by atoms with E-state index in [2.05, 4.69) is 349 Å². The van der Waals surface area contributed by atoms with Crippen molar-refractivity contribution in [3.8, 4) is 66.8 Å². The first-order chi connectivity index (χ1) is 51.3. The summed E-state index contributed by atoms with van der Waals surface area (Å²) in [5.74, 6) is 0. The molecule has 3 N–H and O–H groups in total. The molecule has 3 aliphatic carbocycles. The van der Waals surface area contributed by atoms with Crippen molar-refractivity contribution in [3.05, 3.63) is 361 Å². The van der Waals surface area contributed by atoms with E-state index in [1.165, 1.54) is 126 Å². The minimum absolute atomic E-state index is 0.000472. The van der Waals surface area contributed by atoms with Gasteiger partial charge < -0.3 is 24.8 Å². The van der Waals surface area contributed by atoms with Gasteiger partial charge in [-0.1, -0.05) is 260 Å². The molecular weight excluding hydrogens is 1300 g/mol. The van der Waals surface area contributed by atoms with Crippen molar-refractivity contribution < 1.29 is 8.83 Å².